The van der Waals surface area contributed by atoms with Crippen molar-refractivity contribution in [3.05, 3.63) is 46.5 Å². The van der Waals surface area contributed by atoms with Crippen LogP contribution in [0.2, 0.25) is 0 Å². The molecule has 0 bridgehead atoms. The Hall–Kier alpha value is -0.600. The van der Waals surface area contributed by atoms with Crippen LogP contribution in [0.15, 0.2) is 35.3 Å². The lowest BCUT2D eigenvalue weighted by Gasteiger charge is -2.10. The molecule has 1 rings (SSSR count). The third-order valence-electron chi connectivity index (χ3n) is 2.03. The normalized spacial score (nSPS) is 12.5. The average Bonchev–Trinajstić information content (AvgIpc) is 2.10. The number of rotatable bonds is 3. The molecule has 70 valence electrons. The fourth-order valence-corrected chi connectivity index (χ4v) is 1.46. The van der Waals surface area contributed by atoms with Crippen LogP contribution in [0.25, 0.3) is 0 Å². The molecule has 1 aromatic carbocycles. The molecule has 0 aliphatic carbocycles. The molecule has 1 unspecified atom stereocenters. The van der Waals surface area contributed by atoms with E-state index in [0.29, 0.717) is 0 Å². The first-order chi connectivity index (χ1) is 6.15. The second-order valence-corrected chi connectivity index (χ2v) is 3.99. The number of halogens is 1. The van der Waals surface area contributed by atoms with E-state index in [2.05, 4.69) is 35.5 Å². The van der Waals surface area contributed by atoms with Crippen molar-refractivity contribution in [3.63, 3.8) is 0 Å². The highest BCUT2D eigenvalue weighted by atomic mass is 79.9. The summed E-state index contributed by atoms with van der Waals surface area (Å²) < 4.78 is 1.13. The van der Waals surface area contributed by atoms with Gasteiger partial charge in [-0.25, -0.2) is 0 Å². The smallest absolute Gasteiger partial charge is 0.0329 e. The Morgan fingerprint density at radius 2 is 2.31 bits per heavy atom. The molecule has 1 nitrogen and oxygen atoms in total. The first-order valence-electron chi connectivity index (χ1n) is 4.27. The Morgan fingerprint density at radius 3 is 2.85 bits per heavy atom. The minimum atomic E-state index is 0.0734. The van der Waals surface area contributed by atoms with Gasteiger partial charge in [0.2, 0.25) is 0 Å². The summed E-state index contributed by atoms with van der Waals surface area (Å²) in [6.45, 7) is 5.74. The van der Waals surface area contributed by atoms with E-state index >= 15 is 0 Å². The SMILES string of the molecule is C=CCC(N)c1ccc(Br)c(C)c1. The van der Waals surface area contributed by atoms with Gasteiger partial charge in [-0.1, -0.05) is 34.1 Å². The average molecular weight is 240 g/mol. The Balaban J connectivity index is 2.89. The first kappa shape index (κ1) is 10.5. The van der Waals surface area contributed by atoms with Crippen molar-refractivity contribution in [1.82, 2.24) is 0 Å². The zero-order valence-corrected chi connectivity index (χ0v) is 9.34. The molecule has 0 spiro atoms. The molecule has 0 amide bonds. The van der Waals surface area contributed by atoms with Gasteiger partial charge in [-0.3, -0.25) is 0 Å². The number of nitrogens with two attached hydrogens (primary N) is 1. The van der Waals surface area contributed by atoms with Crippen LogP contribution in [0.1, 0.15) is 23.6 Å². The maximum absolute atomic E-state index is 5.94. The van der Waals surface area contributed by atoms with E-state index in [1.54, 1.807) is 0 Å². The largest absolute Gasteiger partial charge is 0.324 e. The van der Waals surface area contributed by atoms with Gasteiger partial charge in [-0.15, -0.1) is 6.58 Å². The highest BCUT2D eigenvalue weighted by Gasteiger charge is 2.04. The van der Waals surface area contributed by atoms with Crippen molar-refractivity contribution in [2.24, 2.45) is 5.73 Å². The van der Waals surface area contributed by atoms with Crippen molar-refractivity contribution in [2.45, 2.75) is 19.4 Å². The van der Waals surface area contributed by atoms with E-state index in [4.69, 9.17) is 5.73 Å². The minimum absolute atomic E-state index is 0.0734. The van der Waals surface area contributed by atoms with Crippen LogP contribution < -0.4 is 5.73 Å². The predicted molar refractivity (Wildman–Crippen MR) is 60.6 cm³/mol. The second-order valence-electron chi connectivity index (χ2n) is 3.14. The standard InChI is InChI=1S/C11H14BrN/c1-3-4-11(13)9-5-6-10(12)8(2)7-9/h3,5-7,11H,1,4,13H2,2H3. The summed E-state index contributed by atoms with van der Waals surface area (Å²) in [4.78, 5) is 0. The summed E-state index contributed by atoms with van der Waals surface area (Å²) >= 11 is 3.46. The van der Waals surface area contributed by atoms with Crippen molar-refractivity contribution < 1.29 is 0 Å². The molecule has 1 aromatic rings. The van der Waals surface area contributed by atoms with E-state index in [9.17, 15) is 0 Å². The van der Waals surface area contributed by atoms with Gasteiger partial charge in [0, 0.05) is 10.5 Å². The van der Waals surface area contributed by atoms with E-state index in [0.717, 1.165) is 10.9 Å². The summed E-state index contributed by atoms with van der Waals surface area (Å²) in [6, 6.07) is 6.27. The third-order valence-corrected chi connectivity index (χ3v) is 2.92. The minimum Gasteiger partial charge on any atom is -0.324 e. The van der Waals surface area contributed by atoms with Crippen LogP contribution in [-0.2, 0) is 0 Å². The molecule has 1 atom stereocenters. The lowest BCUT2D eigenvalue weighted by atomic mass is 10.0. The molecule has 0 aliphatic rings. The fourth-order valence-electron chi connectivity index (χ4n) is 1.21. The maximum Gasteiger partial charge on any atom is 0.0329 e. The summed E-state index contributed by atoms with van der Waals surface area (Å²) in [5.74, 6) is 0. The quantitative estimate of drug-likeness (QED) is 0.805. The van der Waals surface area contributed by atoms with Gasteiger partial charge in [0.1, 0.15) is 0 Å². The molecule has 0 aromatic heterocycles. The molecule has 0 radical (unpaired) electrons. The molecular formula is C11H14BrN. The highest BCUT2D eigenvalue weighted by molar-refractivity contribution is 9.10. The van der Waals surface area contributed by atoms with E-state index < -0.39 is 0 Å². The Bertz CT molecular complexity index is 307. The van der Waals surface area contributed by atoms with Gasteiger partial charge in [0.05, 0.1) is 0 Å². The number of aryl methyl sites for hydroxylation is 1. The summed E-state index contributed by atoms with van der Waals surface area (Å²) in [5, 5.41) is 0. The molecule has 0 saturated heterocycles. The molecule has 0 saturated carbocycles. The maximum atomic E-state index is 5.94. The Kier molecular flexibility index (Phi) is 3.70. The van der Waals surface area contributed by atoms with Crippen molar-refractivity contribution >= 4 is 15.9 Å². The van der Waals surface area contributed by atoms with E-state index in [-0.39, 0.29) is 6.04 Å². The van der Waals surface area contributed by atoms with Gasteiger partial charge >= 0.3 is 0 Å². The van der Waals surface area contributed by atoms with Gasteiger partial charge in [0.25, 0.3) is 0 Å². The van der Waals surface area contributed by atoms with Crippen molar-refractivity contribution in [3.8, 4) is 0 Å². The summed E-state index contributed by atoms with van der Waals surface area (Å²) in [6.07, 6.45) is 2.67. The number of benzene rings is 1. The second kappa shape index (κ2) is 4.58. The number of hydrogen-bond donors (Lipinski definition) is 1. The third kappa shape index (κ3) is 2.68. The first-order valence-corrected chi connectivity index (χ1v) is 5.07. The van der Waals surface area contributed by atoms with Crippen LogP contribution in [0.4, 0.5) is 0 Å². The van der Waals surface area contributed by atoms with E-state index in [1.165, 1.54) is 11.1 Å². The van der Waals surface area contributed by atoms with Crippen molar-refractivity contribution in [2.75, 3.05) is 0 Å². The molecule has 13 heavy (non-hydrogen) atoms. The van der Waals surface area contributed by atoms with Crippen LogP contribution in [0.5, 0.6) is 0 Å². The molecule has 0 aliphatic heterocycles. The summed E-state index contributed by atoms with van der Waals surface area (Å²) in [7, 11) is 0. The van der Waals surface area contributed by atoms with Crippen LogP contribution in [0.3, 0.4) is 0 Å². The summed E-state index contributed by atoms with van der Waals surface area (Å²) in [5.41, 5.74) is 8.32. The van der Waals surface area contributed by atoms with Gasteiger partial charge in [0.15, 0.2) is 0 Å². The Morgan fingerprint density at radius 1 is 1.62 bits per heavy atom. The molecular weight excluding hydrogens is 226 g/mol. The lowest BCUT2D eigenvalue weighted by Crippen LogP contribution is -2.08. The lowest BCUT2D eigenvalue weighted by molar-refractivity contribution is 0.741. The molecule has 2 N–H and O–H groups in total. The molecule has 0 fully saturated rings. The zero-order valence-electron chi connectivity index (χ0n) is 7.76. The van der Waals surface area contributed by atoms with Gasteiger partial charge in [-0.05, 0) is 30.5 Å². The molecule has 2 heteroatoms. The number of hydrogen-bond acceptors (Lipinski definition) is 1. The van der Waals surface area contributed by atoms with Crippen LogP contribution >= 0.6 is 15.9 Å². The van der Waals surface area contributed by atoms with Gasteiger partial charge < -0.3 is 5.73 Å². The highest BCUT2D eigenvalue weighted by Crippen LogP contribution is 2.21. The van der Waals surface area contributed by atoms with Crippen LogP contribution in [0, 0.1) is 6.92 Å². The van der Waals surface area contributed by atoms with Gasteiger partial charge in [-0.2, -0.15) is 0 Å². The van der Waals surface area contributed by atoms with Crippen molar-refractivity contribution in [1.29, 1.82) is 0 Å². The molecule has 0 heterocycles. The topological polar surface area (TPSA) is 26.0 Å². The predicted octanol–water partition coefficient (Wildman–Crippen LogP) is 3.33. The van der Waals surface area contributed by atoms with Crippen LogP contribution in [-0.4, -0.2) is 0 Å². The monoisotopic (exact) mass is 239 g/mol. The fraction of sp³-hybridized carbons (Fsp3) is 0.273. The Labute approximate surface area is 87.8 Å². The zero-order chi connectivity index (χ0) is 9.84. The van der Waals surface area contributed by atoms with E-state index in [1.807, 2.05) is 18.2 Å².